The van der Waals surface area contributed by atoms with Gasteiger partial charge in [0.1, 0.15) is 10.5 Å². The molecule has 0 bridgehead atoms. The zero-order chi connectivity index (χ0) is 28.9. The van der Waals surface area contributed by atoms with Crippen molar-refractivity contribution in [3.63, 3.8) is 0 Å². The Balaban J connectivity index is 1.51. The van der Waals surface area contributed by atoms with Crippen LogP contribution in [-0.2, 0) is 20.2 Å². The van der Waals surface area contributed by atoms with Gasteiger partial charge in [-0.3, -0.25) is 4.79 Å². The van der Waals surface area contributed by atoms with Gasteiger partial charge in [0.15, 0.2) is 9.84 Å². The zero-order valence-corrected chi connectivity index (χ0v) is 23.6. The first-order chi connectivity index (χ1) is 18.8. The Kier molecular flexibility index (Phi) is 7.42. The van der Waals surface area contributed by atoms with E-state index in [2.05, 4.69) is 16.4 Å². The first-order valence-corrected chi connectivity index (χ1v) is 16.0. The van der Waals surface area contributed by atoms with E-state index >= 15 is 0 Å². The van der Waals surface area contributed by atoms with Crippen LogP contribution < -0.4 is 10.2 Å². The quantitative estimate of drug-likeness (QED) is 0.511. The highest BCUT2D eigenvalue weighted by Gasteiger charge is 2.54. The van der Waals surface area contributed by atoms with Gasteiger partial charge in [0.25, 0.3) is 0 Å². The summed E-state index contributed by atoms with van der Waals surface area (Å²) in [6, 6.07) is 9.26. The van der Waals surface area contributed by atoms with Gasteiger partial charge >= 0.3 is 6.18 Å². The Morgan fingerprint density at radius 1 is 1.18 bits per heavy atom. The second-order valence-corrected chi connectivity index (χ2v) is 14.5. The van der Waals surface area contributed by atoms with Crippen molar-refractivity contribution in [2.45, 2.75) is 68.7 Å². The number of alkyl halides is 3. The van der Waals surface area contributed by atoms with Crippen molar-refractivity contribution in [2.75, 3.05) is 29.5 Å². The second kappa shape index (κ2) is 10.3. The number of carbonyl (C=O) groups excluding carboxylic acids is 1. The van der Waals surface area contributed by atoms with Crippen LogP contribution in [0.2, 0.25) is 0 Å². The molecule has 216 valence electrons. The molecule has 2 N–H and O–H groups in total. The third-order valence-corrected chi connectivity index (χ3v) is 11.2. The predicted molar refractivity (Wildman–Crippen MR) is 144 cm³/mol. The van der Waals surface area contributed by atoms with Crippen LogP contribution in [0.3, 0.4) is 0 Å². The summed E-state index contributed by atoms with van der Waals surface area (Å²) in [5, 5.41) is 22.3. The molecule has 3 aliphatic rings. The van der Waals surface area contributed by atoms with Gasteiger partial charge in [0.2, 0.25) is 11.5 Å². The Morgan fingerprint density at radius 3 is 2.38 bits per heavy atom. The second-order valence-electron chi connectivity index (χ2n) is 11.2. The monoisotopic (exact) mass is 596 g/mol. The maximum atomic E-state index is 13.8. The van der Waals surface area contributed by atoms with Crippen LogP contribution in [0.15, 0.2) is 24.3 Å². The minimum atomic E-state index is -4.95. The molecule has 1 aromatic carbocycles. The Morgan fingerprint density at radius 2 is 1.80 bits per heavy atom. The fraction of sp³-hybridized carbons (Fsp3) is 0.593. The average molecular weight is 597 g/mol. The Hall–Kier alpha value is -2.69. The number of nitriles is 1. The number of anilines is 1. The molecular weight excluding hydrogens is 565 g/mol. The molecule has 0 radical (unpaired) electrons. The molecule has 40 heavy (non-hydrogen) atoms. The number of nitrogens with zero attached hydrogens (tertiary/aromatic N) is 3. The van der Waals surface area contributed by atoms with Crippen molar-refractivity contribution in [1.82, 2.24) is 10.3 Å². The van der Waals surface area contributed by atoms with Crippen molar-refractivity contribution < 1.29 is 31.5 Å². The smallest absolute Gasteiger partial charge is 0.375 e. The van der Waals surface area contributed by atoms with E-state index in [1.165, 1.54) is 0 Å². The Bertz CT molecular complexity index is 1410. The van der Waals surface area contributed by atoms with Crippen molar-refractivity contribution in [3.05, 3.63) is 35.0 Å². The molecule has 1 unspecified atom stereocenters. The number of aliphatic hydroxyl groups is 1. The van der Waals surface area contributed by atoms with Crippen LogP contribution in [0.4, 0.5) is 18.9 Å². The van der Waals surface area contributed by atoms with Gasteiger partial charge in [0, 0.05) is 30.6 Å². The summed E-state index contributed by atoms with van der Waals surface area (Å²) >= 11 is 0.767. The van der Waals surface area contributed by atoms with E-state index in [0.717, 1.165) is 29.9 Å². The van der Waals surface area contributed by atoms with E-state index in [1.54, 1.807) is 24.3 Å². The van der Waals surface area contributed by atoms with Crippen LogP contribution in [0.25, 0.3) is 10.4 Å². The van der Waals surface area contributed by atoms with E-state index in [1.807, 2.05) is 4.90 Å². The SMILES string of the molecule is CC(O)(c1nc([C@@H]2CCCC[C@H]2C(=O)NC2(C#N)CC2)c(-c2ccc(N3CCS(=O)(=O)CC3)cc2)s1)C(F)(F)F. The first-order valence-electron chi connectivity index (χ1n) is 13.3. The van der Waals surface area contributed by atoms with Gasteiger partial charge in [-0.1, -0.05) is 25.0 Å². The van der Waals surface area contributed by atoms with Crippen LogP contribution in [-0.4, -0.2) is 60.7 Å². The topological polar surface area (TPSA) is 123 Å². The number of halogens is 3. The highest BCUT2D eigenvalue weighted by molar-refractivity contribution is 7.91. The van der Waals surface area contributed by atoms with E-state index in [-0.39, 0.29) is 17.4 Å². The summed E-state index contributed by atoms with van der Waals surface area (Å²) in [6.07, 6.45) is -1.19. The van der Waals surface area contributed by atoms with E-state index in [4.69, 9.17) is 0 Å². The summed E-state index contributed by atoms with van der Waals surface area (Å²) in [7, 11) is -3.05. The molecule has 0 spiro atoms. The first kappa shape index (κ1) is 28.8. The van der Waals surface area contributed by atoms with Crippen molar-refractivity contribution in [3.8, 4) is 16.5 Å². The number of hydrogen-bond acceptors (Lipinski definition) is 8. The number of aromatic nitrogens is 1. The lowest BCUT2D eigenvalue weighted by Gasteiger charge is -2.31. The molecule has 1 aliphatic heterocycles. The molecular formula is C27H31F3N4O4S2. The number of sulfone groups is 1. The molecule has 1 saturated heterocycles. The van der Waals surface area contributed by atoms with Crippen LogP contribution in [0.1, 0.15) is 62.1 Å². The van der Waals surface area contributed by atoms with E-state index in [0.29, 0.717) is 61.8 Å². The standard InChI is InChI=1S/C27H31F3N4O4S2/c1-25(36,27(28,29)30)24-32-21(19-4-2-3-5-20(19)23(35)33-26(16-31)10-11-26)22(39-24)17-6-8-18(9-7-17)34-12-14-40(37,38)15-13-34/h6-9,19-20,36H,2-5,10-15H2,1H3,(H,33,35)/t19-,20-,25?/m1/s1. The minimum absolute atomic E-state index is 0.0574. The Labute approximate surface area is 235 Å². The van der Waals surface area contributed by atoms with Gasteiger partial charge in [0.05, 0.1) is 28.1 Å². The molecule has 2 aliphatic carbocycles. The van der Waals surface area contributed by atoms with Gasteiger partial charge < -0.3 is 15.3 Å². The molecule has 3 fully saturated rings. The van der Waals surface area contributed by atoms with Gasteiger partial charge in [-0.15, -0.1) is 11.3 Å². The molecule has 2 aromatic rings. The third-order valence-electron chi connectivity index (χ3n) is 8.24. The van der Waals surface area contributed by atoms with Crippen molar-refractivity contribution in [1.29, 1.82) is 5.26 Å². The minimum Gasteiger partial charge on any atom is -0.375 e. The number of amides is 1. The number of benzene rings is 1. The van der Waals surface area contributed by atoms with Gasteiger partial charge in [-0.2, -0.15) is 18.4 Å². The number of thiazole rings is 1. The summed E-state index contributed by atoms with van der Waals surface area (Å²) in [6.45, 7) is 1.39. The fourth-order valence-electron chi connectivity index (χ4n) is 5.40. The molecule has 13 heteroatoms. The number of rotatable bonds is 6. The molecule has 8 nitrogen and oxygen atoms in total. The summed E-state index contributed by atoms with van der Waals surface area (Å²) in [5.74, 6) is -1.20. The highest BCUT2D eigenvalue weighted by Crippen LogP contribution is 2.49. The van der Waals surface area contributed by atoms with E-state index in [9.17, 15) is 36.8 Å². The van der Waals surface area contributed by atoms with Crippen molar-refractivity contribution >= 4 is 32.8 Å². The lowest BCUT2D eigenvalue weighted by Crippen LogP contribution is -2.42. The maximum Gasteiger partial charge on any atom is 0.423 e. The lowest BCUT2D eigenvalue weighted by molar-refractivity contribution is -0.258. The molecule has 2 heterocycles. The van der Waals surface area contributed by atoms with Crippen LogP contribution in [0, 0.1) is 17.2 Å². The van der Waals surface area contributed by atoms with E-state index < -0.39 is 44.0 Å². The van der Waals surface area contributed by atoms with Crippen LogP contribution >= 0.6 is 11.3 Å². The van der Waals surface area contributed by atoms with Gasteiger partial charge in [-0.25, -0.2) is 13.4 Å². The van der Waals surface area contributed by atoms with Crippen molar-refractivity contribution in [2.24, 2.45) is 5.92 Å². The summed E-state index contributed by atoms with van der Waals surface area (Å²) < 4.78 is 65.1. The summed E-state index contributed by atoms with van der Waals surface area (Å²) in [4.78, 5) is 20.1. The molecule has 2 saturated carbocycles. The molecule has 1 amide bonds. The highest BCUT2D eigenvalue weighted by atomic mass is 32.2. The lowest BCUT2D eigenvalue weighted by atomic mass is 9.76. The zero-order valence-electron chi connectivity index (χ0n) is 22.0. The fourth-order valence-corrected chi connectivity index (χ4v) is 7.81. The molecule has 5 rings (SSSR count). The normalized spacial score (nSPS) is 25.4. The van der Waals surface area contributed by atoms with Gasteiger partial charge in [-0.05, 0) is 50.3 Å². The average Bonchev–Trinajstić information content (AvgIpc) is 3.54. The maximum absolute atomic E-state index is 13.8. The predicted octanol–water partition coefficient (Wildman–Crippen LogP) is 4.26. The largest absolute Gasteiger partial charge is 0.423 e. The molecule has 3 atom stereocenters. The third kappa shape index (κ3) is 5.58. The number of carbonyl (C=O) groups is 1. The molecule has 1 aromatic heterocycles. The van der Waals surface area contributed by atoms with Crippen LogP contribution in [0.5, 0.6) is 0 Å². The number of nitrogens with one attached hydrogen (secondary N) is 1. The summed E-state index contributed by atoms with van der Waals surface area (Å²) in [5.41, 5.74) is -2.28. The number of hydrogen-bond donors (Lipinski definition) is 2.